The van der Waals surface area contributed by atoms with E-state index in [1.165, 1.54) is 31.4 Å². The second kappa shape index (κ2) is 7.87. The van der Waals surface area contributed by atoms with Crippen molar-refractivity contribution >= 4 is 21.9 Å². The van der Waals surface area contributed by atoms with Gasteiger partial charge in [0.15, 0.2) is 11.3 Å². The zero-order valence-electron chi connectivity index (χ0n) is 16.1. The summed E-state index contributed by atoms with van der Waals surface area (Å²) in [6.07, 6.45) is -8.01. The summed E-state index contributed by atoms with van der Waals surface area (Å²) in [6.45, 7) is -0.686. The van der Waals surface area contributed by atoms with Gasteiger partial charge in [-0.05, 0) is 18.2 Å². The van der Waals surface area contributed by atoms with Gasteiger partial charge in [-0.15, -0.1) is 0 Å². The Morgan fingerprint density at radius 3 is 2.52 bits per heavy atom. The number of aliphatic hydroxyl groups excluding tert-OH is 4. The van der Waals surface area contributed by atoms with Crippen LogP contribution in [0.2, 0.25) is 0 Å². The molecule has 0 amide bonds. The molecule has 1 aromatic heterocycles. The average Bonchev–Trinajstić information content (AvgIpc) is 2.75. The fourth-order valence-electron chi connectivity index (χ4n) is 3.50. The summed E-state index contributed by atoms with van der Waals surface area (Å²) in [4.78, 5) is 13.0. The summed E-state index contributed by atoms with van der Waals surface area (Å²) in [5, 5.41) is 60.0. The summed E-state index contributed by atoms with van der Waals surface area (Å²) in [7, 11) is 1.23. The highest BCUT2D eigenvalue weighted by Crippen LogP contribution is 2.44. The highest BCUT2D eigenvalue weighted by Gasteiger charge is 2.45. The highest BCUT2D eigenvalue weighted by atomic mass is 16.7. The third-order valence-electron chi connectivity index (χ3n) is 5.17. The van der Waals surface area contributed by atoms with Crippen molar-refractivity contribution in [2.24, 2.45) is 0 Å². The number of benzene rings is 2. The number of hydrogen-bond acceptors (Lipinski definition) is 11. The van der Waals surface area contributed by atoms with Crippen LogP contribution in [0.1, 0.15) is 0 Å². The van der Waals surface area contributed by atoms with Crippen LogP contribution in [0, 0.1) is 0 Å². The summed E-state index contributed by atoms with van der Waals surface area (Å²) < 4.78 is 21.6. The van der Waals surface area contributed by atoms with Gasteiger partial charge < -0.3 is 49.3 Å². The molecule has 0 aliphatic carbocycles. The SMILES string of the molecule is COc1cc2c(=O)c3c(O)cccc3oc2c(OC2OC(CO)C(O)C(O)C2O)c1O. The van der Waals surface area contributed by atoms with E-state index in [1.807, 2.05) is 0 Å². The Morgan fingerprint density at radius 1 is 1.10 bits per heavy atom. The molecule has 2 aromatic carbocycles. The lowest BCUT2D eigenvalue weighted by Gasteiger charge is -2.39. The quantitative estimate of drug-likeness (QED) is 0.292. The van der Waals surface area contributed by atoms with Gasteiger partial charge in [-0.1, -0.05) is 6.07 Å². The molecule has 11 heteroatoms. The van der Waals surface area contributed by atoms with E-state index >= 15 is 0 Å². The van der Waals surface area contributed by atoms with Gasteiger partial charge in [0.1, 0.15) is 41.1 Å². The van der Waals surface area contributed by atoms with E-state index < -0.39 is 54.2 Å². The van der Waals surface area contributed by atoms with Crippen molar-refractivity contribution in [3.8, 4) is 23.0 Å². The van der Waals surface area contributed by atoms with Gasteiger partial charge in [0.05, 0.1) is 19.1 Å². The van der Waals surface area contributed by atoms with Gasteiger partial charge in [0.2, 0.25) is 23.2 Å². The smallest absolute Gasteiger partial charge is 0.229 e. The summed E-state index contributed by atoms with van der Waals surface area (Å²) in [5.74, 6) is -1.51. The maximum absolute atomic E-state index is 13.0. The van der Waals surface area contributed by atoms with E-state index in [0.717, 1.165) is 0 Å². The van der Waals surface area contributed by atoms with Crippen LogP contribution in [-0.4, -0.2) is 75.1 Å². The molecule has 3 aromatic rings. The highest BCUT2D eigenvalue weighted by molar-refractivity contribution is 5.97. The number of hydrogen-bond donors (Lipinski definition) is 6. The minimum absolute atomic E-state index is 0.000666. The van der Waals surface area contributed by atoms with E-state index in [2.05, 4.69) is 0 Å². The molecule has 1 aliphatic rings. The van der Waals surface area contributed by atoms with E-state index in [1.54, 1.807) is 0 Å². The Hall–Kier alpha value is -3.09. The van der Waals surface area contributed by atoms with Crippen LogP contribution in [-0.2, 0) is 4.74 Å². The molecule has 5 atom stereocenters. The molecule has 1 aliphatic heterocycles. The lowest BCUT2D eigenvalue weighted by molar-refractivity contribution is -0.277. The molecule has 6 N–H and O–H groups in total. The van der Waals surface area contributed by atoms with Crippen LogP contribution in [0.15, 0.2) is 33.5 Å². The number of aliphatic hydroxyl groups is 4. The van der Waals surface area contributed by atoms with Crippen molar-refractivity contribution in [1.82, 2.24) is 0 Å². The Kier molecular flexibility index (Phi) is 5.37. The molecule has 2 heterocycles. The van der Waals surface area contributed by atoms with Crippen LogP contribution < -0.4 is 14.9 Å². The Morgan fingerprint density at radius 2 is 1.84 bits per heavy atom. The van der Waals surface area contributed by atoms with Crippen molar-refractivity contribution in [3.63, 3.8) is 0 Å². The standard InChI is InChI=1S/C20H20O11/c1-28-10-5-7-13(23)12-8(22)3-2-4-9(12)29-18(7)19(15(10)25)31-20-17(27)16(26)14(24)11(6-21)30-20/h2-5,11,14,16-17,20-22,24-27H,6H2,1H3. The Bertz CT molecular complexity index is 1190. The molecular weight excluding hydrogens is 416 g/mol. The first-order valence-corrected chi connectivity index (χ1v) is 9.24. The normalized spacial score (nSPS) is 26.3. The predicted molar refractivity (Wildman–Crippen MR) is 104 cm³/mol. The molecule has 0 bridgehead atoms. The summed E-state index contributed by atoms with van der Waals surface area (Å²) in [5.41, 5.74) is -0.870. The first-order valence-electron chi connectivity index (χ1n) is 9.24. The maximum atomic E-state index is 13.0. The first-order chi connectivity index (χ1) is 14.8. The van der Waals surface area contributed by atoms with E-state index in [-0.39, 0.29) is 33.4 Å². The minimum atomic E-state index is -1.77. The second-order valence-electron chi connectivity index (χ2n) is 7.03. The number of ether oxygens (including phenoxy) is 3. The minimum Gasteiger partial charge on any atom is -0.507 e. The van der Waals surface area contributed by atoms with Gasteiger partial charge >= 0.3 is 0 Å². The molecule has 5 unspecified atom stereocenters. The number of methoxy groups -OCH3 is 1. The molecule has 1 saturated heterocycles. The van der Waals surface area contributed by atoms with Gasteiger partial charge in [-0.25, -0.2) is 0 Å². The fourth-order valence-corrected chi connectivity index (χ4v) is 3.50. The summed E-state index contributed by atoms with van der Waals surface area (Å²) in [6, 6.07) is 5.39. The number of fused-ring (bicyclic) bond motifs is 2. The van der Waals surface area contributed by atoms with Gasteiger partial charge in [-0.3, -0.25) is 4.79 Å². The topological polar surface area (TPSA) is 179 Å². The van der Waals surface area contributed by atoms with Crippen molar-refractivity contribution in [3.05, 3.63) is 34.5 Å². The van der Waals surface area contributed by atoms with Gasteiger partial charge in [-0.2, -0.15) is 0 Å². The maximum Gasteiger partial charge on any atom is 0.229 e. The Labute approximate surface area is 173 Å². The molecule has 31 heavy (non-hydrogen) atoms. The zero-order valence-corrected chi connectivity index (χ0v) is 16.1. The fraction of sp³-hybridized carbons (Fsp3) is 0.350. The van der Waals surface area contributed by atoms with Crippen LogP contribution >= 0.6 is 0 Å². The lowest BCUT2D eigenvalue weighted by atomic mass is 9.99. The molecule has 0 spiro atoms. The molecule has 1 fully saturated rings. The van der Waals surface area contributed by atoms with Crippen LogP contribution in [0.25, 0.3) is 21.9 Å². The second-order valence-corrected chi connectivity index (χ2v) is 7.03. The van der Waals surface area contributed by atoms with Gasteiger partial charge in [0.25, 0.3) is 0 Å². The van der Waals surface area contributed by atoms with Crippen molar-refractivity contribution in [2.75, 3.05) is 13.7 Å². The number of phenols is 2. The van der Waals surface area contributed by atoms with Crippen LogP contribution in [0.4, 0.5) is 0 Å². The average molecular weight is 436 g/mol. The third kappa shape index (κ3) is 3.32. The van der Waals surface area contributed by atoms with E-state index in [0.29, 0.717) is 0 Å². The third-order valence-corrected chi connectivity index (χ3v) is 5.17. The van der Waals surface area contributed by atoms with E-state index in [9.17, 15) is 35.4 Å². The monoisotopic (exact) mass is 436 g/mol. The summed E-state index contributed by atoms with van der Waals surface area (Å²) >= 11 is 0. The van der Waals surface area contributed by atoms with Crippen LogP contribution in [0.5, 0.6) is 23.0 Å². The molecule has 11 nitrogen and oxygen atoms in total. The van der Waals surface area contributed by atoms with Crippen molar-refractivity contribution in [1.29, 1.82) is 0 Å². The van der Waals surface area contributed by atoms with E-state index in [4.69, 9.17) is 18.6 Å². The van der Waals surface area contributed by atoms with Gasteiger partial charge in [0, 0.05) is 0 Å². The molecule has 0 saturated carbocycles. The largest absolute Gasteiger partial charge is 0.507 e. The molecule has 4 rings (SSSR count). The molecular formula is C20H20O11. The first kappa shape index (κ1) is 21.2. The van der Waals surface area contributed by atoms with Crippen LogP contribution in [0.3, 0.4) is 0 Å². The number of aromatic hydroxyl groups is 2. The zero-order chi connectivity index (χ0) is 22.4. The predicted octanol–water partition coefficient (Wildman–Crippen LogP) is -0.455. The lowest BCUT2D eigenvalue weighted by Crippen LogP contribution is -2.60. The molecule has 166 valence electrons. The number of rotatable bonds is 4. The van der Waals surface area contributed by atoms with Crippen molar-refractivity contribution in [2.45, 2.75) is 30.7 Å². The Balaban J connectivity index is 1.91. The number of phenolic OH excluding ortho intramolecular Hbond substituents is 2. The van der Waals surface area contributed by atoms with Crippen molar-refractivity contribution < 1.29 is 49.3 Å². The molecule has 0 radical (unpaired) electrons.